The van der Waals surface area contributed by atoms with E-state index in [0.29, 0.717) is 11.0 Å². The van der Waals surface area contributed by atoms with Crippen LogP contribution in [0.2, 0.25) is 0 Å². The van der Waals surface area contributed by atoms with Gasteiger partial charge < -0.3 is 9.71 Å². The topological polar surface area (TPSA) is 57.8 Å². The van der Waals surface area contributed by atoms with E-state index in [-0.39, 0.29) is 11.3 Å². The van der Waals surface area contributed by atoms with E-state index in [9.17, 15) is 9.18 Å². The summed E-state index contributed by atoms with van der Waals surface area (Å²) in [6.07, 6.45) is 4.05. The zero-order chi connectivity index (χ0) is 22.0. The van der Waals surface area contributed by atoms with Crippen molar-refractivity contribution in [3.05, 3.63) is 83.2 Å². The molecule has 31 heavy (non-hydrogen) atoms. The van der Waals surface area contributed by atoms with Crippen LogP contribution in [0.1, 0.15) is 34.8 Å². The number of nitrogens with zero attached hydrogens (tertiary/aromatic N) is 1. The first-order valence-corrected chi connectivity index (χ1v) is 10.9. The van der Waals surface area contributed by atoms with Crippen LogP contribution in [-0.2, 0) is 0 Å². The summed E-state index contributed by atoms with van der Waals surface area (Å²) < 4.78 is 32.4. The third kappa shape index (κ3) is 4.18. The van der Waals surface area contributed by atoms with Crippen LogP contribution in [0.25, 0.3) is 22.2 Å². The Morgan fingerprint density at radius 1 is 1.13 bits per heavy atom. The van der Waals surface area contributed by atoms with Crippen molar-refractivity contribution in [2.24, 2.45) is 0 Å². The van der Waals surface area contributed by atoms with Crippen LogP contribution in [0.15, 0.2) is 54.9 Å². The lowest BCUT2D eigenvalue weighted by Crippen LogP contribution is -2.09. The SMILES string of the molecule is CCCSNc1ccc(F)c(C(=O)c2c[nH]c3ncc(-c4ccc(C)cc4)cc23)c1F. The van der Waals surface area contributed by atoms with Crippen molar-refractivity contribution >= 4 is 34.5 Å². The van der Waals surface area contributed by atoms with E-state index in [2.05, 4.69) is 14.7 Å². The normalized spacial score (nSPS) is 11.1. The number of pyridine rings is 1. The van der Waals surface area contributed by atoms with Crippen molar-refractivity contribution in [1.82, 2.24) is 9.97 Å². The van der Waals surface area contributed by atoms with Crippen LogP contribution in [0.5, 0.6) is 0 Å². The van der Waals surface area contributed by atoms with Crippen LogP contribution < -0.4 is 4.72 Å². The molecule has 2 aromatic carbocycles. The number of aromatic amines is 1. The molecule has 2 aromatic heterocycles. The van der Waals surface area contributed by atoms with Gasteiger partial charge in [-0.1, -0.05) is 48.7 Å². The van der Waals surface area contributed by atoms with Gasteiger partial charge >= 0.3 is 0 Å². The zero-order valence-electron chi connectivity index (χ0n) is 17.1. The van der Waals surface area contributed by atoms with E-state index < -0.39 is 23.0 Å². The van der Waals surface area contributed by atoms with Gasteiger partial charge in [0.2, 0.25) is 5.78 Å². The maximum atomic E-state index is 15.0. The fourth-order valence-corrected chi connectivity index (χ4v) is 3.92. The number of anilines is 1. The Morgan fingerprint density at radius 2 is 1.90 bits per heavy atom. The number of nitrogens with one attached hydrogen (secondary N) is 2. The van der Waals surface area contributed by atoms with Crippen LogP contribution in [0.3, 0.4) is 0 Å². The number of fused-ring (bicyclic) bond motifs is 1. The van der Waals surface area contributed by atoms with Crippen molar-refractivity contribution in [2.45, 2.75) is 20.3 Å². The minimum atomic E-state index is -0.898. The van der Waals surface area contributed by atoms with E-state index >= 15 is 4.39 Å². The van der Waals surface area contributed by atoms with E-state index in [1.165, 1.54) is 24.2 Å². The van der Waals surface area contributed by atoms with Gasteiger partial charge in [0, 0.05) is 34.7 Å². The predicted molar refractivity (Wildman–Crippen MR) is 122 cm³/mol. The molecular formula is C24H21F2N3OS. The van der Waals surface area contributed by atoms with Gasteiger partial charge in [-0.2, -0.15) is 0 Å². The molecule has 0 saturated heterocycles. The number of H-pyrrole nitrogens is 1. The second-order valence-electron chi connectivity index (χ2n) is 7.25. The number of aromatic nitrogens is 2. The molecule has 2 heterocycles. The number of carbonyl (C=O) groups excluding carboxylic acids is 1. The van der Waals surface area contributed by atoms with E-state index in [4.69, 9.17) is 0 Å². The first-order valence-electron chi connectivity index (χ1n) is 9.94. The Bertz CT molecular complexity index is 1250. The summed E-state index contributed by atoms with van der Waals surface area (Å²) in [5.41, 5.74) is 3.04. The molecule has 4 rings (SSSR count). The zero-order valence-corrected chi connectivity index (χ0v) is 17.9. The number of ketones is 1. The Hall–Kier alpha value is -3.19. The molecule has 0 fully saturated rings. The van der Waals surface area contributed by atoms with Crippen LogP contribution >= 0.6 is 11.9 Å². The first kappa shape index (κ1) is 21.1. The summed E-state index contributed by atoms with van der Waals surface area (Å²) in [6, 6.07) is 12.1. The fourth-order valence-electron chi connectivity index (χ4n) is 3.30. The summed E-state index contributed by atoms with van der Waals surface area (Å²) in [5, 5.41) is 0.514. The smallest absolute Gasteiger partial charge is 0.201 e. The van der Waals surface area contributed by atoms with Gasteiger partial charge in [-0.25, -0.2) is 13.8 Å². The van der Waals surface area contributed by atoms with Gasteiger partial charge in [0.1, 0.15) is 11.5 Å². The number of benzene rings is 2. The van der Waals surface area contributed by atoms with Crippen molar-refractivity contribution in [3.8, 4) is 11.1 Å². The van der Waals surface area contributed by atoms with E-state index in [1.54, 1.807) is 6.20 Å². The quantitative estimate of drug-likeness (QED) is 0.196. The fraction of sp³-hybridized carbons (Fsp3) is 0.167. The molecule has 0 aliphatic rings. The molecular weight excluding hydrogens is 416 g/mol. The lowest BCUT2D eigenvalue weighted by atomic mass is 9.99. The lowest BCUT2D eigenvalue weighted by molar-refractivity contribution is 0.103. The van der Waals surface area contributed by atoms with Crippen molar-refractivity contribution < 1.29 is 13.6 Å². The average Bonchev–Trinajstić information content (AvgIpc) is 3.19. The molecule has 4 aromatic rings. The highest BCUT2D eigenvalue weighted by Gasteiger charge is 2.24. The Kier molecular flexibility index (Phi) is 6.04. The standard InChI is InChI=1S/C24H21F2N3OS/c1-3-10-31-29-20-9-8-19(25)21(22(20)26)23(30)18-13-28-24-17(18)11-16(12-27-24)15-6-4-14(2)5-7-15/h4-9,11-13,29H,3,10H2,1-2H3,(H,27,28). The van der Waals surface area contributed by atoms with E-state index in [1.807, 2.05) is 44.2 Å². The molecule has 7 heteroatoms. The number of aryl methyl sites for hydroxylation is 1. The number of carbonyl (C=O) groups is 1. The molecule has 158 valence electrons. The van der Waals surface area contributed by atoms with Crippen LogP contribution in [-0.4, -0.2) is 21.5 Å². The molecule has 0 radical (unpaired) electrons. The largest absolute Gasteiger partial charge is 0.345 e. The van der Waals surface area contributed by atoms with Crippen molar-refractivity contribution in [3.63, 3.8) is 0 Å². The van der Waals surface area contributed by atoms with Gasteiger partial charge in [-0.15, -0.1) is 0 Å². The molecule has 4 nitrogen and oxygen atoms in total. The molecule has 0 amide bonds. The summed E-state index contributed by atoms with van der Waals surface area (Å²) in [5.74, 6) is -1.76. The molecule has 0 bridgehead atoms. The van der Waals surface area contributed by atoms with Crippen molar-refractivity contribution in [1.29, 1.82) is 0 Å². The van der Waals surface area contributed by atoms with Crippen LogP contribution in [0, 0.1) is 18.6 Å². The molecule has 0 atom stereocenters. The first-order chi connectivity index (χ1) is 15.0. The third-order valence-electron chi connectivity index (χ3n) is 4.97. The molecule has 0 aliphatic heterocycles. The second-order valence-corrected chi connectivity index (χ2v) is 8.15. The summed E-state index contributed by atoms with van der Waals surface area (Å²) in [6.45, 7) is 4.00. The monoisotopic (exact) mass is 437 g/mol. The molecule has 0 spiro atoms. The van der Waals surface area contributed by atoms with Gasteiger partial charge in [-0.05, 0) is 37.1 Å². The highest BCUT2D eigenvalue weighted by Crippen LogP contribution is 2.30. The van der Waals surface area contributed by atoms with Gasteiger partial charge in [0.05, 0.1) is 11.3 Å². The third-order valence-corrected chi connectivity index (χ3v) is 5.94. The lowest BCUT2D eigenvalue weighted by Gasteiger charge is -2.10. The Morgan fingerprint density at radius 3 is 2.65 bits per heavy atom. The van der Waals surface area contributed by atoms with Gasteiger partial charge in [0.15, 0.2) is 5.82 Å². The predicted octanol–water partition coefficient (Wildman–Crippen LogP) is 6.52. The maximum absolute atomic E-state index is 15.0. The Labute approximate surface area is 183 Å². The molecule has 0 unspecified atom stereocenters. The van der Waals surface area contributed by atoms with Gasteiger partial charge in [-0.3, -0.25) is 4.79 Å². The highest BCUT2D eigenvalue weighted by atomic mass is 32.2. The number of hydrogen-bond donors (Lipinski definition) is 2. The summed E-state index contributed by atoms with van der Waals surface area (Å²) in [4.78, 5) is 20.5. The Balaban J connectivity index is 1.75. The number of hydrogen-bond acceptors (Lipinski definition) is 4. The van der Waals surface area contributed by atoms with Crippen molar-refractivity contribution in [2.75, 3.05) is 10.5 Å². The van der Waals surface area contributed by atoms with Crippen LogP contribution in [0.4, 0.5) is 14.5 Å². The van der Waals surface area contributed by atoms with E-state index in [0.717, 1.165) is 34.9 Å². The number of halogens is 2. The molecule has 2 N–H and O–H groups in total. The average molecular weight is 438 g/mol. The minimum Gasteiger partial charge on any atom is -0.345 e. The maximum Gasteiger partial charge on any atom is 0.201 e. The summed E-state index contributed by atoms with van der Waals surface area (Å²) in [7, 11) is 0. The summed E-state index contributed by atoms with van der Waals surface area (Å²) >= 11 is 1.31. The highest BCUT2D eigenvalue weighted by molar-refractivity contribution is 8.00. The number of rotatable bonds is 7. The second kappa shape index (κ2) is 8.89. The molecule has 0 aliphatic carbocycles. The van der Waals surface area contributed by atoms with Gasteiger partial charge in [0.25, 0.3) is 0 Å². The molecule has 0 saturated carbocycles. The minimum absolute atomic E-state index is 0.0847.